The number of hydrogen-bond donors (Lipinski definition) is 0. The largest absolute Gasteiger partial charge is 0.381 e. The van der Waals surface area contributed by atoms with Gasteiger partial charge in [-0.05, 0) is 32.7 Å². The smallest absolute Gasteiger partial charge is 0.149 e. The molecule has 2 rings (SSSR count). The zero-order valence-corrected chi connectivity index (χ0v) is 10.3. The van der Waals surface area contributed by atoms with E-state index >= 15 is 0 Å². The minimum Gasteiger partial charge on any atom is -0.381 e. The molecule has 0 N–H and O–H groups in total. The van der Waals surface area contributed by atoms with Crippen LogP contribution >= 0.6 is 0 Å². The summed E-state index contributed by atoms with van der Waals surface area (Å²) in [4.78, 5) is 14.3. The van der Waals surface area contributed by atoms with Crippen molar-refractivity contribution >= 4 is 5.78 Å². The summed E-state index contributed by atoms with van der Waals surface area (Å²) in [5.74, 6) is 0.828. The fourth-order valence-corrected chi connectivity index (χ4v) is 2.88. The Kier molecular flexibility index (Phi) is 4.36. The highest BCUT2D eigenvalue weighted by Crippen LogP contribution is 2.26. The zero-order valence-electron chi connectivity index (χ0n) is 10.3. The quantitative estimate of drug-likeness (QED) is 0.731. The van der Waals surface area contributed by atoms with E-state index in [1.165, 1.54) is 12.8 Å². The first kappa shape index (κ1) is 12.1. The van der Waals surface area contributed by atoms with Crippen molar-refractivity contribution in [3.8, 4) is 0 Å². The Morgan fingerprint density at radius 1 is 1.19 bits per heavy atom. The minimum atomic E-state index is 0.363. The number of rotatable bonds is 4. The summed E-state index contributed by atoms with van der Waals surface area (Å²) in [6, 6.07) is 0.555. The molecular weight excluding hydrogens is 202 g/mol. The molecule has 1 heterocycles. The van der Waals surface area contributed by atoms with E-state index in [9.17, 15) is 4.79 Å². The Morgan fingerprint density at radius 3 is 2.44 bits per heavy atom. The SMILES string of the molecule is CN(CC(=O)C1CCCC1)C1CCOCC1. The van der Waals surface area contributed by atoms with Crippen molar-refractivity contribution in [3.63, 3.8) is 0 Å². The fraction of sp³-hybridized carbons (Fsp3) is 0.923. The highest BCUT2D eigenvalue weighted by atomic mass is 16.5. The van der Waals surface area contributed by atoms with E-state index in [-0.39, 0.29) is 0 Å². The van der Waals surface area contributed by atoms with Crippen molar-refractivity contribution in [3.05, 3.63) is 0 Å². The van der Waals surface area contributed by atoms with Crippen molar-refractivity contribution in [2.45, 2.75) is 44.6 Å². The summed E-state index contributed by atoms with van der Waals surface area (Å²) >= 11 is 0. The van der Waals surface area contributed by atoms with Gasteiger partial charge in [0.25, 0.3) is 0 Å². The molecule has 2 aliphatic rings. The van der Waals surface area contributed by atoms with Crippen LogP contribution in [0.1, 0.15) is 38.5 Å². The Labute approximate surface area is 98.1 Å². The molecule has 2 fully saturated rings. The summed E-state index contributed by atoms with van der Waals surface area (Å²) in [6.45, 7) is 2.36. The second-order valence-electron chi connectivity index (χ2n) is 5.21. The van der Waals surface area contributed by atoms with Crippen molar-refractivity contribution in [1.29, 1.82) is 0 Å². The maximum absolute atomic E-state index is 12.0. The lowest BCUT2D eigenvalue weighted by molar-refractivity contribution is -0.124. The Morgan fingerprint density at radius 2 is 1.81 bits per heavy atom. The van der Waals surface area contributed by atoms with E-state index < -0.39 is 0 Å². The minimum absolute atomic E-state index is 0.363. The molecule has 0 bridgehead atoms. The van der Waals surface area contributed by atoms with Crippen LogP contribution < -0.4 is 0 Å². The highest BCUT2D eigenvalue weighted by molar-refractivity contribution is 5.83. The number of nitrogens with zero attached hydrogens (tertiary/aromatic N) is 1. The van der Waals surface area contributed by atoms with Crippen LogP contribution in [0.15, 0.2) is 0 Å². The van der Waals surface area contributed by atoms with Gasteiger partial charge in [-0.25, -0.2) is 0 Å². The maximum atomic E-state index is 12.0. The van der Waals surface area contributed by atoms with Crippen molar-refractivity contribution < 1.29 is 9.53 Å². The van der Waals surface area contributed by atoms with E-state index in [0.29, 0.717) is 24.3 Å². The molecule has 1 aliphatic heterocycles. The van der Waals surface area contributed by atoms with E-state index in [4.69, 9.17) is 4.74 Å². The van der Waals surface area contributed by atoms with Crippen molar-refractivity contribution in [2.75, 3.05) is 26.8 Å². The standard InChI is InChI=1S/C13H23NO2/c1-14(12-6-8-16-9-7-12)10-13(15)11-4-2-3-5-11/h11-12H,2-10H2,1H3. The van der Waals surface area contributed by atoms with Gasteiger partial charge >= 0.3 is 0 Å². The number of likely N-dealkylation sites (N-methyl/N-ethyl adjacent to an activating group) is 1. The molecule has 0 aromatic carbocycles. The molecule has 3 nitrogen and oxygen atoms in total. The summed E-state index contributed by atoms with van der Waals surface area (Å²) < 4.78 is 5.34. The first-order valence-corrected chi connectivity index (χ1v) is 6.58. The second-order valence-corrected chi connectivity index (χ2v) is 5.21. The third-order valence-corrected chi connectivity index (χ3v) is 4.03. The van der Waals surface area contributed by atoms with Gasteiger partial charge < -0.3 is 4.74 Å². The molecule has 92 valence electrons. The molecule has 0 atom stereocenters. The number of ether oxygens (including phenoxy) is 1. The van der Waals surface area contributed by atoms with Crippen LogP contribution in [-0.2, 0) is 9.53 Å². The number of ketones is 1. The van der Waals surface area contributed by atoms with Gasteiger partial charge in [0.1, 0.15) is 5.78 Å². The molecule has 1 aliphatic carbocycles. The van der Waals surface area contributed by atoms with Gasteiger partial charge in [-0.3, -0.25) is 9.69 Å². The number of carbonyl (C=O) groups is 1. The van der Waals surface area contributed by atoms with Gasteiger partial charge in [0.15, 0.2) is 0 Å². The van der Waals surface area contributed by atoms with Gasteiger partial charge in [-0.2, -0.15) is 0 Å². The molecular formula is C13H23NO2. The average Bonchev–Trinajstić information content (AvgIpc) is 2.83. The topological polar surface area (TPSA) is 29.5 Å². The molecule has 0 aromatic rings. The molecule has 0 radical (unpaired) electrons. The zero-order chi connectivity index (χ0) is 11.4. The lowest BCUT2D eigenvalue weighted by Gasteiger charge is -2.31. The van der Waals surface area contributed by atoms with Gasteiger partial charge in [-0.1, -0.05) is 12.8 Å². The maximum Gasteiger partial charge on any atom is 0.149 e. The lowest BCUT2D eigenvalue weighted by Crippen LogP contribution is -2.40. The van der Waals surface area contributed by atoms with Gasteiger partial charge in [-0.15, -0.1) is 0 Å². The Balaban J connectivity index is 1.76. The van der Waals surface area contributed by atoms with Crippen LogP contribution in [0.25, 0.3) is 0 Å². The van der Waals surface area contributed by atoms with E-state index in [1.54, 1.807) is 0 Å². The molecule has 0 aromatic heterocycles. The normalized spacial score (nSPS) is 24.1. The van der Waals surface area contributed by atoms with E-state index in [2.05, 4.69) is 11.9 Å². The summed E-state index contributed by atoms with van der Waals surface area (Å²) in [6.07, 6.45) is 6.90. The van der Waals surface area contributed by atoms with Crippen LogP contribution in [0.2, 0.25) is 0 Å². The number of hydrogen-bond acceptors (Lipinski definition) is 3. The van der Waals surface area contributed by atoms with Gasteiger partial charge in [0, 0.05) is 25.2 Å². The third kappa shape index (κ3) is 3.05. The summed E-state index contributed by atoms with van der Waals surface area (Å²) in [5.41, 5.74) is 0. The summed E-state index contributed by atoms with van der Waals surface area (Å²) in [7, 11) is 2.09. The second kappa shape index (κ2) is 5.78. The van der Waals surface area contributed by atoms with Crippen LogP contribution in [0.5, 0.6) is 0 Å². The average molecular weight is 225 g/mol. The predicted octanol–water partition coefficient (Wildman–Crippen LogP) is 1.86. The fourth-order valence-electron chi connectivity index (χ4n) is 2.88. The molecule has 0 amide bonds. The van der Waals surface area contributed by atoms with Crippen LogP contribution in [0.4, 0.5) is 0 Å². The molecule has 0 unspecified atom stereocenters. The van der Waals surface area contributed by atoms with Gasteiger partial charge in [0.2, 0.25) is 0 Å². The Bertz CT molecular complexity index is 230. The molecule has 1 saturated heterocycles. The van der Waals surface area contributed by atoms with Crippen LogP contribution in [-0.4, -0.2) is 43.5 Å². The Hall–Kier alpha value is -0.410. The molecule has 3 heteroatoms. The lowest BCUT2D eigenvalue weighted by atomic mass is 10.0. The third-order valence-electron chi connectivity index (χ3n) is 4.03. The molecule has 0 spiro atoms. The van der Waals surface area contributed by atoms with Gasteiger partial charge in [0.05, 0.1) is 6.54 Å². The van der Waals surface area contributed by atoms with Crippen LogP contribution in [0, 0.1) is 5.92 Å². The monoisotopic (exact) mass is 225 g/mol. The highest BCUT2D eigenvalue weighted by Gasteiger charge is 2.26. The number of carbonyl (C=O) groups excluding carboxylic acids is 1. The molecule has 1 saturated carbocycles. The van der Waals surface area contributed by atoms with E-state index in [0.717, 1.165) is 38.9 Å². The van der Waals surface area contributed by atoms with Crippen molar-refractivity contribution in [2.24, 2.45) is 5.92 Å². The summed E-state index contributed by atoms with van der Waals surface area (Å²) in [5, 5.41) is 0. The first-order valence-electron chi connectivity index (χ1n) is 6.58. The number of Topliss-reactive ketones (excluding diaryl/α,β-unsaturated/α-hetero) is 1. The first-order chi connectivity index (χ1) is 7.77. The van der Waals surface area contributed by atoms with Crippen molar-refractivity contribution in [1.82, 2.24) is 4.90 Å². The van der Waals surface area contributed by atoms with Crippen LogP contribution in [0.3, 0.4) is 0 Å². The predicted molar refractivity (Wildman–Crippen MR) is 63.4 cm³/mol. The molecule has 16 heavy (non-hydrogen) atoms. The van der Waals surface area contributed by atoms with E-state index in [1.807, 2.05) is 0 Å².